The third-order valence-electron chi connectivity index (χ3n) is 1.33. The lowest BCUT2D eigenvalue weighted by molar-refractivity contribution is 0.613. The second kappa shape index (κ2) is 2.67. The van der Waals surface area contributed by atoms with Crippen molar-refractivity contribution in [1.29, 1.82) is 0 Å². The molecular weight excluding hydrogens is 248 g/mol. The Hall–Kier alpha value is -0.680. The SMILES string of the molecule is Fc1cc(Br)c2nc(Cl)nn2c1. The van der Waals surface area contributed by atoms with E-state index in [4.69, 9.17) is 11.6 Å². The van der Waals surface area contributed by atoms with Crippen LogP contribution >= 0.6 is 27.5 Å². The van der Waals surface area contributed by atoms with E-state index in [1.807, 2.05) is 0 Å². The fraction of sp³-hybridized carbons (Fsp3) is 0. The van der Waals surface area contributed by atoms with Gasteiger partial charge in [-0.1, -0.05) is 0 Å². The summed E-state index contributed by atoms with van der Waals surface area (Å²) < 4.78 is 14.6. The fourth-order valence-corrected chi connectivity index (χ4v) is 1.54. The summed E-state index contributed by atoms with van der Waals surface area (Å²) in [6, 6.07) is 1.31. The minimum absolute atomic E-state index is 0.0984. The first-order valence-corrected chi connectivity index (χ1v) is 4.21. The normalized spacial score (nSPS) is 10.9. The summed E-state index contributed by atoms with van der Waals surface area (Å²) in [7, 11) is 0. The van der Waals surface area contributed by atoms with Crippen LogP contribution in [0.2, 0.25) is 5.28 Å². The van der Waals surface area contributed by atoms with Crippen molar-refractivity contribution in [3.05, 3.63) is 27.8 Å². The monoisotopic (exact) mass is 249 g/mol. The summed E-state index contributed by atoms with van der Waals surface area (Å²) in [6.07, 6.45) is 1.21. The average Bonchev–Trinajstić information content (AvgIpc) is 2.29. The number of fused-ring (bicyclic) bond motifs is 1. The van der Waals surface area contributed by atoms with Gasteiger partial charge in [0.2, 0.25) is 5.28 Å². The molecule has 2 aromatic rings. The topological polar surface area (TPSA) is 30.2 Å². The summed E-state index contributed by atoms with van der Waals surface area (Å²) in [6.45, 7) is 0. The van der Waals surface area contributed by atoms with Gasteiger partial charge < -0.3 is 0 Å². The second-order valence-corrected chi connectivity index (χ2v) is 3.35. The first kappa shape index (κ1) is 7.94. The minimum atomic E-state index is -0.393. The van der Waals surface area contributed by atoms with Crippen molar-refractivity contribution in [1.82, 2.24) is 14.6 Å². The Kier molecular flexibility index (Phi) is 1.77. The quantitative estimate of drug-likeness (QED) is 0.718. The van der Waals surface area contributed by atoms with Gasteiger partial charge in [0.05, 0.1) is 10.7 Å². The van der Waals surface area contributed by atoms with Crippen molar-refractivity contribution in [3.63, 3.8) is 0 Å². The molecule has 0 radical (unpaired) electrons. The second-order valence-electron chi connectivity index (χ2n) is 2.16. The maximum atomic E-state index is 12.7. The maximum Gasteiger partial charge on any atom is 0.243 e. The predicted octanol–water partition coefficient (Wildman–Crippen LogP) is 2.28. The fourth-order valence-electron chi connectivity index (χ4n) is 0.890. The van der Waals surface area contributed by atoms with E-state index in [0.29, 0.717) is 10.1 Å². The third-order valence-corrected chi connectivity index (χ3v) is 2.07. The molecule has 0 N–H and O–H groups in total. The van der Waals surface area contributed by atoms with Crippen LogP contribution in [0.4, 0.5) is 4.39 Å². The van der Waals surface area contributed by atoms with E-state index in [0.717, 1.165) is 0 Å². The molecule has 0 saturated heterocycles. The summed E-state index contributed by atoms with van der Waals surface area (Å²) >= 11 is 8.66. The smallest absolute Gasteiger partial charge is 0.215 e. The molecule has 0 unspecified atom stereocenters. The van der Waals surface area contributed by atoms with Gasteiger partial charge in [0, 0.05) is 0 Å². The van der Waals surface area contributed by atoms with E-state index in [1.54, 1.807) is 0 Å². The molecule has 0 aliphatic heterocycles. The van der Waals surface area contributed by atoms with E-state index >= 15 is 0 Å². The number of aromatic nitrogens is 3. The van der Waals surface area contributed by atoms with Gasteiger partial charge >= 0.3 is 0 Å². The number of hydrogen-bond donors (Lipinski definition) is 0. The van der Waals surface area contributed by atoms with Gasteiger partial charge in [-0.3, -0.25) is 0 Å². The van der Waals surface area contributed by atoms with E-state index in [1.165, 1.54) is 16.8 Å². The lowest BCUT2D eigenvalue weighted by atomic mass is 10.5. The molecule has 12 heavy (non-hydrogen) atoms. The summed E-state index contributed by atoms with van der Waals surface area (Å²) in [5, 5.41) is 3.83. The molecule has 0 atom stereocenters. The predicted molar refractivity (Wildman–Crippen MR) is 45.7 cm³/mol. The summed E-state index contributed by atoms with van der Waals surface area (Å²) in [5.74, 6) is -0.393. The van der Waals surface area contributed by atoms with E-state index in [9.17, 15) is 4.39 Å². The highest BCUT2D eigenvalue weighted by molar-refractivity contribution is 9.10. The van der Waals surface area contributed by atoms with Gasteiger partial charge in [-0.25, -0.2) is 8.91 Å². The molecule has 0 amide bonds. The molecule has 0 bridgehead atoms. The molecule has 0 saturated carbocycles. The first-order chi connectivity index (χ1) is 5.66. The van der Waals surface area contributed by atoms with E-state index < -0.39 is 5.82 Å². The molecule has 0 aliphatic rings. The Balaban J connectivity index is 2.88. The van der Waals surface area contributed by atoms with E-state index in [2.05, 4.69) is 26.0 Å². The Morgan fingerprint density at radius 1 is 1.58 bits per heavy atom. The number of nitrogens with zero attached hydrogens (tertiary/aromatic N) is 3. The summed E-state index contributed by atoms with van der Waals surface area (Å²) in [5.41, 5.74) is 0.501. The molecule has 3 nitrogen and oxygen atoms in total. The van der Waals surface area contributed by atoms with Gasteiger partial charge in [-0.2, -0.15) is 4.98 Å². The van der Waals surface area contributed by atoms with Crippen molar-refractivity contribution in [2.24, 2.45) is 0 Å². The third kappa shape index (κ3) is 1.19. The van der Waals surface area contributed by atoms with Gasteiger partial charge in [0.25, 0.3) is 0 Å². The van der Waals surface area contributed by atoms with Crippen LogP contribution in [0.1, 0.15) is 0 Å². The van der Waals surface area contributed by atoms with Crippen molar-refractivity contribution in [3.8, 4) is 0 Å². The van der Waals surface area contributed by atoms with Crippen LogP contribution in [0.5, 0.6) is 0 Å². The minimum Gasteiger partial charge on any atom is -0.215 e. The Morgan fingerprint density at radius 2 is 2.33 bits per heavy atom. The molecule has 62 valence electrons. The van der Waals surface area contributed by atoms with Crippen LogP contribution in [0.25, 0.3) is 5.65 Å². The van der Waals surface area contributed by atoms with Crippen LogP contribution in [0.3, 0.4) is 0 Å². The molecular formula is C6H2BrClFN3. The number of pyridine rings is 1. The molecule has 2 heterocycles. The lowest BCUT2D eigenvalue weighted by Crippen LogP contribution is -1.89. The molecule has 0 aromatic carbocycles. The van der Waals surface area contributed by atoms with Crippen LogP contribution in [0, 0.1) is 5.82 Å². The number of halogens is 3. The molecule has 0 fully saturated rings. The van der Waals surface area contributed by atoms with Crippen molar-refractivity contribution < 1.29 is 4.39 Å². The first-order valence-electron chi connectivity index (χ1n) is 3.04. The maximum absolute atomic E-state index is 12.7. The Bertz CT molecular complexity index is 442. The van der Waals surface area contributed by atoms with Crippen molar-refractivity contribution in [2.75, 3.05) is 0 Å². The molecule has 2 aromatic heterocycles. The molecule has 2 rings (SSSR count). The number of hydrogen-bond acceptors (Lipinski definition) is 2. The molecule has 0 aliphatic carbocycles. The van der Waals surface area contributed by atoms with Gasteiger partial charge in [0.1, 0.15) is 5.82 Å². The highest BCUT2D eigenvalue weighted by Gasteiger charge is 2.06. The zero-order valence-electron chi connectivity index (χ0n) is 5.63. The highest BCUT2D eigenvalue weighted by atomic mass is 79.9. The Morgan fingerprint density at radius 3 is 3.08 bits per heavy atom. The van der Waals surface area contributed by atoms with Crippen molar-refractivity contribution >= 4 is 33.2 Å². The van der Waals surface area contributed by atoms with Gasteiger partial charge in [0.15, 0.2) is 5.65 Å². The molecule has 0 spiro atoms. The zero-order valence-corrected chi connectivity index (χ0v) is 7.97. The average molecular weight is 250 g/mol. The molecule has 6 heteroatoms. The van der Waals surface area contributed by atoms with Gasteiger partial charge in [-0.05, 0) is 33.6 Å². The summed E-state index contributed by atoms with van der Waals surface area (Å²) in [4.78, 5) is 3.86. The van der Waals surface area contributed by atoms with Crippen LogP contribution in [-0.4, -0.2) is 14.6 Å². The number of rotatable bonds is 0. The van der Waals surface area contributed by atoms with Crippen LogP contribution < -0.4 is 0 Å². The zero-order chi connectivity index (χ0) is 8.72. The standard InChI is InChI=1S/C6H2BrClFN3/c7-4-1-3(9)2-12-5(4)10-6(8)11-12/h1-2H. The Labute approximate surface area is 80.3 Å². The van der Waals surface area contributed by atoms with Crippen molar-refractivity contribution in [2.45, 2.75) is 0 Å². The van der Waals surface area contributed by atoms with Crippen LogP contribution in [-0.2, 0) is 0 Å². The van der Waals surface area contributed by atoms with E-state index in [-0.39, 0.29) is 5.28 Å². The van der Waals surface area contributed by atoms with Crippen LogP contribution in [0.15, 0.2) is 16.7 Å². The highest BCUT2D eigenvalue weighted by Crippen LogP contribution is 2.18. The van der Waals surface area contributed by atoms with Gasteiger partial charge in [-0.15, -0.1) is 5.10 Å². The lowest BCUT2D eigenvalue weighted by Gasteiger charge is -1.93. The largest absolute Gasteiger partial charge is 0.243 e.